The van der Waals surface area contributed by atoms with Crippen LogP contribution in [0, 0.1) is 18.7 Å². The number of rotatable bonds is 2. The Morgan fingerprint density at radius 1 is 1.41 bits per heavy atom. The number of nitrogens with two attached hydrogens (primary N) is 1. The summed E-state index contributed by atoms with van der Waals surface area (Å²) in [5, 5.41) is 0. The summed E-state index contributed by atoms with van der Waals surface area (Å²) in [6.45, 7) is 3.51. The summed E-state index contributed by atoms with van der Waals surface area (Å²) < 4.78 is 13.0. The highest BCUT2D eigenvalue weighted by atomic mass is 19.1. The Morgan fingerprint density at radius 3 is 2.59 bits per heavy atom. The first-order chi connectivity index (χ1) is 8.08. The molecule has 1 heterocycles. The SMILES string of the molecule is Cc1cc(F)ccc1N1CCC(C(N)=O)CC1. The summed E-state index contributed by atoms with van der Waals surface area (Å²) in [6.07, 6.45) is 1.57. The van der Waals surface area contributed by atoms with E-state index in [0.717, 1.165) is 37.2 Å². The molecule has 0 radical (unpaired) electrons. The first kappa shape index (κ1) is 11.9. The molecule has 4 heteroatoms. The number of hydrogen-bond acceptors (Lipinski definition) is 2. The second-order valence-electron chi connectivity index (χ2n) is 4.59. The summed E-state index contributed by atoms with van der Waals surface area (Å²) >= 11 is 0. The average Bonchev–Trinajstić information content (AvgIpc) is 2.29. The van der Waals surface area contributed by atoms with Crippen LogP contribution in [-0.2, 0) is 4.79 Å². The van der Waals surface area contributed by atoms with Gasteiger partial charge in [0.2, 0.25) is 5.91 Å². The van der Waals surface area contributed by atoms with Crippen molar-refractivity contribution in [1.29, 1.82) is 0 Å². The topological polar surface area (TPSA) is 46.3 Å². The van der Waals surface area contributed by atoms with Gasteiger partial charge in [0, 0.05) is 24.7 Å². The molecule has 0 spiro atoms. The largest absolute Gasteiger partial charge is 0.371 e. The number of aryl methyl sites for hydroxylation is 1. The van der Waals surface area contributed by atoms with Gasteiger partial charge in [-0.1, -0.05) is 0 Å². The molecule has 0 bridgehead atoms. The fourth-order valence-electron chi connectivity index (χ4n) is 2.38. The first-order valence-corrected chi connectivity index (χ1v) is 5.88. The van der Waals surface area contributed by atoms with Crippen LogP contribution in [0.4, 0.5) is 10.1 Å². The minimum Gasteiger partial charge on any atom is -0.371 e. The van der Waals surface area contributed by atoms with E-state index >= 15 is 0 Å². The number of hydrogen-bond donors (Lipinski definition) is 1. The molecule has 0 aliphatic carbocycles. The van der Waals surface area contributed by atoms with E-state index in [1.807, 2.05) is 6.92 Å². The van der Waals surface area contributed by atoms with Crippen molar-refractivity contribution in [3.63, 3.8) is 0 Å². The maximum Gasteiger partial charge on any atom is 0.220 e. The van der Waals surface area contributed by atoms with Gasteiger partial charge in [0.15, 0.2) is 0 Å². The Balaban J connectivity index is 2.08. The molecule has 1 amide bonds. The molecule has 2 N–H and O–H groups in total. The van der Waals surface area contributed by atoms with Crippen molar-refractivity contribution in [1.82, 2.24) is 0 Å². The van der Waals surface area contributed by atoms with E-state index in [2.05, 4.69) is 4.90 Å². The zero-order valence-corrected chi connectivity index (χ0v) is 9.95. The lowest BCUT2D eigenvalue weighted by Crippen LogP contribution is -2.38. The number of piperidine rings is 1. The highest BCUT2D eigenvalue weighted by Crippen LogP contribution is 2.26. The summed E-state index contributed by atoms with van der Waals surface area (Å²) in [6, 6.07) is 4.81. The van der Waals surface area contributed by atoms with E-state index in [9.17, 15) is 9.18 Å². The predicted octanol–water partition coefficient (Wildman–Crippen LogP) is 1.84. The number of halogens is 1. The molecule has 1 aliphatic heterocycles. The van der Waals surface area contributed by atoms with Crippen molar-refractivity contribution in [3.05, 3.63) is 29.6 Å². The highest BCUT2D eigenvalue weighted by Gasteiger charge is 2.23. The van der Waals surface area contributed by atoms with E-state index in [-0.39, 0.29) is 17.6 Å². The Labute approximate surface area is 100 Å². The third-order valence-corrected chi connectivity index (χ3v) is 3.40. The van der Waals surface area contributed by atoms with Gasteiger partial charge in [-0.3, -0.25) is 4.79 Å². The molecule has 3 nitrogen and oxygen atoms in total. The third-order valence-electron chi connectivity index (χ3n) is 3.40. The lowest BCUT2D eigenvalue weighted by atomic mass is 9.95. The van der Waals surface area contributed by atoms with Crippen molar-refractivity contribution in [2.24, 2.45) is 11.7 Å². The van der Waals surface area contributed by atoms with Crippen molar-refractivity contribution >= 4 is 11.6 Å². The van der Waals surface area contributed by atoms with Gasteiger partial charge in [0.1, 0.15) is 5.82 Å². The Hall–Kier alpha value is -1.58. The van der Waals surface area contributed by atoms with Gasteiger partial charge in [-0.25, -0.2) is 4.39 Å². The van der Waals surface area contributed by atoms with Crippen LogP contribution >= 0.6 is 0 Å². The van der Waals surface area contributed by atoms with Gasteiger partial charge in [0.25, 0.3) is 0 Å². The van der Waals surface area contributed by atoms with Gasteiger partial charge in [-0.05, 0) is 43.5 Å². The van der Waals surface area contributed by atoms with Crippen LogP contribution in [0.5, 0.6) is 0 Å². The number of anilines is 1. The van der Waals surface area contributed by atoms with E-state index in [1.165, 1.54) is 12.1 Å². The fraction of sp³-hybridized carbons (Fsp3) is 0.462. The van der Waals surface area contributed by atoms with Crippen LogP contribution in [0.15, 0.2) is 18.2 Å². The zero-order chi connectivity index (χ0) is 12.4. The van der Waals surface area contributed by atoms with Crippen molar-refractivity contribution < 1.29 is 9.18 Å². The van der Waals surface area contributed by atoms with Crippen molar-refractivity contribution in [2.45, 2.75) is 19.8 Å². The van der Waals surface area contributed by atoms with Gasteiger partial charge < -0.3 is 10.6 Å². The Morgan fingerprint density at radius 2 is 2.06 bits per heavy atom. The third kappa shape index (κ3) is 2.57. The van der Waals surface area contributed by atoms with Crippen molar-refractivity contribution in [3.8, 4) is 0 Å². The molecule has 1 aromatic carbocycles. The Bertz CT molecular complexity index is 425. The summed E-state index contributed by atoms with van der Waals surface area (Å²) in [4.78, 5) is 13.3. The monoisotopic (exact) mass is 236 g/mol. The quantitative estimate of drug-likeness (QED) is 0.851. The second-order valence-corrected chi connectivity index (χ2v) is 4.59. The molecule has 2 rings (SSSR count). The number of amides is 1. The normalized spacial score (nSPS) is 17.2. The summed E-state index contributed by atoms with van der Waals surface area (Å²) in [5.41, 5.74) is 7.28. The molecular weight excluding hydrogens is 219 g/mol. The molecule has 1 fully saturated rings. The van der Waals surface area contributed by atoms with Crippen molar-refractivity contribution in [2.75, 3.05) is 18.0 Å². The van der Waals surface area contributed by atoms with Gasteiger partial charge in [-0.2, -0.15) is 0 Å². The molecular formula is C13H17FN2O. The number of nitrogens with zero attached hydrogens (tertiary/aromatic N) is 1. The first-order valence-electron chi connectivity index (χ1n) is 5.88. The van der Waals surface area contributed by atoms with Crippen LogP contribution in [-0.4, -0.2) is 19.0 Å². The minimum absolute atomic E-state index is 0.00740. The van der Waals surface area contributed by atoms with Gasteiger partial charge in [-0.15, -0.1) is 0 Å². The lowest BCUT2D eigenvalue weighted by molar-refractivity contribution is -0.122. The molecule has 0 aromatic heterocycles. The predicted molar refractivity (Wildman–Crippen MR) is 65.3 cm³/mol. The molecule has 0 saturated carbocycles. The van der Waals surface area contributed by atoms with Gasteiger partial charge >= 0.3 is 0 Å². The van der Waals surface area contributed by atoms with Crippen LogP contribution in [0.2, 0.25) is 0 Å². The standard InChI is InChI=1S/C13H17FN2O/c1-9-8-11(14)2-3-12(9)16-6-4-10(5-7-16)13(15)17/h2-3,8,10H,4-7H2,1H3,(H2,15,17). The molecule has 92 valence electrons. The van der Waals surface area contributed by atoms with E-state index in [1.54, 1.807) is 6.07 Å². The van der Waals surface area contributed by atoms with Crippen LogP contribution in [0.3, 0.4) is 0 Å². The summed E-state index contributed by atoms with van der Waals surface area (Å²) in [7, 11) is 0. The molecule has 1 aliphatic rings. The zero-order valence-electron chi connectivity index (χ0n) is 9.95. The van der Waals surface area contributed by atoms with Gasteiger partial charge in [0.05, 0.1) is 0 Å². The second kappa shape index (κ2) is 4.73. The van der Waals surface area contributed by atoms with Crippen LogP contribution in [0.25, 0.3) is 0 Å². The lowest BCUT2D eigenvalue weighted by Gasteiger charge is -2.33. The van der Waals surface area contributed by atoms with E-state index in [4.69, 9.17) is 5.73 Å². The average molecular weight is 236 g/mol. The van der Waals surface area contributed by atoms with E-state index in [0.29, 0.717) is 0 Å². The number of carbonyl (C=O) groups excluding carboxylic acids is 1. The maximum absolute atomic E-state index is 13.0. The summed E-state index contributed by atoms with van der Waals surface area (Å²) in [5.74, 6) is -0.425. The number of primary amides is 1. The molecule has 0 unspecified atom stereocenters. The van der Waals surface area contributed by atoms with Crippen LogP contribution in [0.1, 0.15) is 18.4 Å². The number of carbonyl (C=O) groups is 1. The maximum atomic E-state index is 13.0. The Kier molecular flexibility index (Phi) is 3.31. The van der Waals surface area contributed by atoms with Crippen LogP contribution < -0.4 is 10.6 Å². The smallest absolute Gasteiger partial charge is 0.220 e. The van der Waals surface area contributed by atoms with E-state index < -0.39 is 0 Å². The molecule has 0 atom stereocenters. The minimum atomic E-state index is -0.210. The number of benzene rings is 1. The molecule has 17 heavy (non-hydrogen) atoms. The molecule has 1 saturated heterocycles. The molecule has 1 aromatic rings. The fourth-order valence-corrected chi connectivity index (χ4v) is 2.38. The highest BCUT2D eigenvalue weighted by molar-refractivity contribution is 5.77.